The van der Waals surface area contributed by atoms with Gasteiger partial charge in [-0.1, -0.05) is 119 Å². The number of carbonyl (C=O) groups is 2. The summed E-state index contributed by atoms with van der Waals surface area (Å²) < 4.78 is 22.1. The van der Waals surface area contributed by atoms with Crippen LogP contribution in [0.2, 0.25) is 0 Å². The van der Waals surface area contributed by atoms with E-state index in [0.717, 1.165) is 56.1 Å². The van der Waals surface area contributed by atoms with E-state index in [1.165, 1.54) is 32.8 Å². The van der Waals surface area contributed by atoms with E-state index < -0.39 is 41.6 Å². The molecule has 0 aliphatic heterocycles. The van der Waals surface area contributed by atoms with Crippen molar-refractivity contribution < 1.29 is 43.9 Å². The molecule has 4 unspecified atom stereocenters. The van der Waals surface area contributed by atoms with Crippen molar-refractivity contribution in [2.75, 3.05) is 20.5 Å². The summed E-state index contributed by atoms with van der Waals surface area (Å²) in [6.07, 6.45) is 14.3. The lowest BCUT2D eigenvalue weighted by atomic mass is 9.81. The molecule has 56 heavy (non-hydrogen) atoms. The predicted octanol–water partition coefficient (Wildman–Crippen LogP) is 7.81. The van der Waals surface area contributed by atoms with E-state index in [9.17, 15) is 24.9 Å². The lowest BCUT2D eigenvalue weighted by Crippen LogP contribution is -2.49. The highest BCUT2D eigenvalue weighted by atomic mass is 16.7. The molecule has 0 saturated heterocycles. The number of allylic oxidation sites excluding steroid dienone is 1. The lowest BCUT2D eigenvalue weighted by molar-refractivity contribution is -0.208. The summed E-state index contributed by atoms with van der Waals surface area (Å²) in [5.41, 5.74) is 0.448. The summed E-state index contributed by atoms with van der Waals surface area (Å²) in [7, 11) is 1.27. The Bertz CT molecular complexity index is 1430. The number of hydrogen-bond donors (Lipinski definition) is 4. The molecule has 10 heteroatoms. The number of ether oxygens (including phenoxy) is 4. The normalized spacial score (nSPS) is 14.3. The van der Waals surface area contributed by atoms with E-state index in [4.69, 9.17) is 18.9 Å². The maximum Gasteiger partial charge on any atom is 0.328 e. The minimum atomic E-state index is -1.47. The Labute approximate surface area is 336 Å². The van der Waals surface area contributed by atoms with Gasteiger partial charge in [-0.05, 0) is 76.1 Å². The maximum absolute atomic E-state index is 14.2. The van der Waals surface area contributed by atoms with Crippen LogP contribution in [0.4, 0.5) is 0 Å². The second kappa shape index (κ2) is 28.6. The molecule has 0 aromatic heterocycles. The Hall–Kier alpha value is -3.72. The van der Waals surface area contributed by atoms with E-state index in [-0.39, 0.29) is 39.0 Å². The number of aliphatic hydroxyl groups excluding tert-OH is 2. The van der Waals surface area contributed by atoms with Crippen molar-refractivity contribution in [1.29, 1.82) is 0 Å². The topological polar surface area (TPSA) is 144 Å². The van der Waals surface area contributed by atoms with Gasteiger partial charge in [0.2, 0.25) is 5.91 Å². The third-order valence-corrected chi connectivity index (χ3v) is 9.59. The van der Waals surface area contributed by atoms with Crippen molar-refractivity contribution in [1.82, 2.24) is 5.32 Å². The molecule has 2 aromatic rings. The molecule has 0 fully saturated rings. The van der Waals surface area contributed by atoms with Gasteiger partial charge in [0.25, 0.3) is 0 Å². The third kappa shape index (κ3) is 21.5. The monoisotopic (exact) mass is 779 g/mol. The fraction of sp³-hybridized carbons (Fsp3) is 0.609. The standard InChI is InChI=1S/C46H69NO9/c1-6-8-10-13-19-24-38(48)25-20-14-11-12-15-21-26-40(41(33-46(3,4)52)44(50)56-35-54-34-37-22-17-16-18-23-37)43(49)47-42(45(51)53-5)32-36-27-29-39(30-28-36)55-31-9-7-2/h16-18,21-23,26-30,38,40-42,44,48,50,52H,6,8,10-15,19-20,24-25,31-35H2,1-5H3,(H,47,49)/b26-21+/t38?,40-,41?,42?,44?/m0/s1. The number of nitrogens with one attached hydrogen (secondary N) is 1. The summed E-state index contributed by atoms with van der Waals surface area (Å²) in [6, 6.07) is 15.7. The number of aliphatic hydroxyl groups is 3. The first-order chi connectivity index (χ1) is 27.0. The first-order valence-electron chi connectivity index (χ1n) is 20.4. The highest BCUT2D eigenvalue weighted by Gasteiger charge is 2.38. The Morgan fingerprint density at radius 3 is 2.18 bits per heavy atom. The molecule has 1 amide bonds. The van der Waals surface area contributed by atoms with E-state index >= 15 is 0 Å². The summed E-state index contributed by atoms with van der Waals surface area (Å²) >= 11 is 0. The number of esters is 1. The fourth-order valence-electron chi connectivity index (χ4n) is 6.50. The summed E-state index contributed by atoms with van der Waals surface area (Å²) in [4.78, 5) is 27.2. The molecule has 0 aliphatic carbocycles. The molecular weight excluding hydrogens is 711 g/mol. The van der Waals surface area contributed by atoms with Gasteiger partial charge in [0.05, 0.1) is 31.3 Å². The van der Waals surface area contributed by atoms with Crippen LogP contribution in [0.5, 0.6) is 5.75 Å². The maximum atomic E-state index is 14.2. The number of methoxy groups -OCH3 is 1. The molecule has 312 valence electrons. The number of amides is 1. The largest absolute Gasteiger partial charge is 0.481 e. The van der Waals surface area contributed by atoms with E-state index in [0.29, 0.717) is 12.2 Å². The third-order valence-electron chi connectivity index (χ3n) is 9.59. The Morgan fingerprint density at radius 2 is 1.55 bits per heavy atom. The van der Waals surface area contributed by atoms with Crippen molar-refractivity contribution in [2.45, 2.75) is 148 Å². The van der Waals surface area contributed by atoms with Crippen LogP contribution in [-0.4, -0.2) is 71.7 Å². The van der Waals surface area contributed by atoms with Crippen LogP contribution in [0.3, 0.4) is 0 Å². The predicted molar refractivity (Wildman–Crippen MR) is 220 cm³/mol. The van der Waals surface area contributed by atoms with Crippen LogP contribution < -0.4 is 10.1 Å². The Morgan fingerprint density at radius 1 is 0.893 bits per heavy atom. The van der Waals surface area contributed by atoms with Gasteiger partial charge in [-0.15, -0.1) is 5.92 Å². The number of unbranched alkanes of at least 4 members (excludes halogenated alkanes) is 8. The van der Waals surface area contributed by atoms with Crippen LogP contribution >= 0.6 is 0 Å². The molecular formula is C46H69NO9. The Balaban J connectivity index is 2.16. The van der Waals surface area contributed by atoms with Gasteiger partial charge in [0.1, 0.15) is 25.2 Å². The van der Waals surface area contributed by atoms with Crippen molar-refractivity contribution >= 4 is 11.9 Å². The van der Waals surface area contributed by atoms with Gasteiger partial charge in [0.15, 0.2) is 6.29 Å². The van der Waals surface area contributed by atoms with Gasteiger partial charge in [0, 0.05) is 12.3 Å². The highest BCUT2D eigenvalue weighted by molar-refractivity contribution is 5.87. The average Bonchev–Trinajstić information content (AvgIpc) is 3.18. The Kier molecular flexibility index (Phi) is 24.8. The van der Waals surface area contributed by atoms with Crippen LogP contribution in [-0.2, 0) is 36.8 Å². The first kappa shape index (κ1) is 48.4. The molecule has 2 rings (SSSR count). The SMILES string of the molecule is CC#CCOc1ccc(CC(NC(=O)[C@@H](/C=C/CCCCCCC(O)CCCCCCC)C(CC(C)(C)O)C(O)OCOCc2ccccc2)C(=O)OC)cc1. The summed E-state index contributed by atoms with van der Waals surface area (Å²) in [5, 5.41) is 35.6. The first-order valence-corrected chi connectivity index (χ1v) is 20.4. The zero-order valence-corrected chi connectivity index (χ0v) is 34.5. The van der Waals surface area contributed by atoms with Crippen molar-refractivity contribution in [3.8, 4) is 17.6 Å². The van der Waals surface area contributed by atoms with E-state index in [1.54, 1.807) is 39.0 Å². The quantitative estimate of drug-likeness (QED) is 0.0205. The van der Waals surface area contributed by atoms with Gasteiger partial charge in [-0.3, -0.25) is 4.79 Å². The molecule has 0 aliphatic rings. The minimum absolute atomic E-state index is 0.0168. The molecule has 5 atom stereocenters. The second-order valence-electron chi connectivity index (χ2n) is 15.1. The molecule has 4 N–H and O–H groups in total. The zero-order chi connectivity index (χ0) is 41.0. The molecule has 0 spiro atoms. The van der Waals surface area contributed by atoms with Gasteiger partial charge in [-0.2, -0.15) is 0 Å². The smallest absolute Gasteiger partial charge is 0.328 e. The summed E-state index contributed by atoms with van der Waals surface area (Å²) in [5.74, 6) is 3.26. The van der Waals surface area contributed by atoms with Crippen LogP contribution in [0.25, 0.3) is 0 Å². The number of carbonyl (C=O) groups excluding carboxylic acids is 2. The fourth-order valence-corrected chi connectivity index (χ4v) is 6.50. The van der Waals surface area contributed by atoms with Crippen LogP contribution in [0, 0.1) is 23.7 Å². The molecule has 0 saturated carbocycles. The van der Waals surface area contributed by atoms with Gasteiger partial charge >= 0.3 is 5.97 Å². The average molecular weight is 780 g/mol. The van der Waals surface area contributed by atoms with Crippen molar-refractivity contribution in [2.24, 2.45) is 11.8 Å². The molecule has 0 bridgehead atoms. The van der Waals surface area contributed by atoms with Crippen LogP contribution in [0.1, 0.15) is 122 Å². The van der Waals surface area contributed by atoms with Crippen molar-refractivity contribution in [3.63, 3.8) is 0 Å². The van der Waals surface area contributed by atoms with E-state index in [1.807, 2.05) is 48.5 Å². The molecule has 0 heterocycles. The second-order valence-corrected chi connectivity index (χ2v) is 15.1. The molecule has 2 aromatic carbocycles. The zero-order valence-electron chi connectivity index (χ0n) is 34.5. The molecule has 10 nitrogen and oxygen atoms in total. The number of rotatable bonds is 30. The summed E-state index contributed by atoms with van der Waals surface area (Å²) in [6.45, 7) is 7.46. The number of hydrogen-bond acceptors (Lipinski definition) is 9. The highest BCUT2D eigenvalue weighted by Crippen LogP contribution is 2.30. The molecule has 0 radical (unpaired) electrons. The minimum Gasteiger partial charge on any atom is -0.481 e. The van der Waals surface area contributed by atoms with Gasteiger partial charge < -0.3 is 39.6 Å². The van der Waals surface area contributed by atoms with Crippen molar-refractivity contribution in [3.05, 3.63) is 77.9 Å². The van der Waals surface area contributed by atoms with Gasteiger partial charge in [-0.25, -0.2) is 4.79 Å². The number of benzene rings is 2. The lowest BCUT2D eigenvalue weighted by Gasteiger charge is -2.33. The van der Waals surface area contributed by atoms with E-state index in [2.05, 4.69) is 24.1 Å². The van der Waals surface area contributed by atoms with Crippen LogP contribution in [0.15, 0.2) is 66.7 Å².